The van der Waals surface area contributed by atoms with Crippen molar-refractivity contribution in [1.82, 2.24) is 20.1 Å². The lowest BCUT2D eigenvalue weighted by atomic mass is 9.94. The molecule has 1 atom stereocenters. The maximum absolute atomic E-state index is 11.8. The molecule has 1 saturated heterocycles. The number of carbonyl (C=O) groups excluding carboxylic acids is 1. The summed E-state index contributed by atoms with van der Waals surface area (Å²) >= 11 is 0. The molecule has 1 aromatic heterocycles. The predicted octanol–water partition coefficient (Wildman–Crippen LogP) is -0.0659. The minimum absolute atomic E-state index is 0.0809. The van der Waals surface area contributed by atoms with Crippen molar-refractivity contribution < 1.29 is 9.53 Å². The SMILES string of the molecule is CC1(C)CC(NC(=O)Cn2cnc(N)n2)CCO1. The number of ether oxygens (including phenoxy) is 1. The van der Waals surface area contributed by atoms with E-state index < -0.39 is 0 Å². The molecule has 2 heterocycles. The van der Waals surface area contributed by atoms with Gasteiger partial charge in [0, 0.05) is 12.6 Å². The molecule has 0 radical (unpaired) electrons. The molecule has 0 bridgehead atoms. The molecule has 2 rings (SSSR count). The number of aromatic nitrogens is 3. The van der Waals surface area contributed by atoms with Crippen LogP contribution < -0.4 is 11.1 Å². The first-order valence-corrected chi connectivity index (χ1v) is 6.03. The van der Waals surface area contributed by atoms with E-state index in [0.29, 0.717) is 6.61 Å². The largest absolute Gasteiger partial charge is 0.375 e. The minimum Gasteiger partial charge on any atom is -0.375 e. The topological polar surface area (TPSA) is 95.1 Å². The van der Waals surface area contributed by atoms with E-state index in [1.165, 1.54) is 11.0 Å². The Morgan fingerprint density at radius 1 is 1.72 bits per heavy atom. The van der Waals surface area contributed by atoms with Crippen LogP contribution in [0.3, 0.4) is 0 Å². The highest BCUT2D eigenvalue weighted by Gasteiger charge is 2.29. The van der Waals surface area contributed by atoms with Crippen LogP contribution in [0.2, 0.25) is 0 Å². The number of nitrogens with one attached hydrogen (secondary N) is 1. The highest BCUT2D eigenvalue weighted by Crippen LogP contribution is 2.23. The normalized spacial score (nSPS) is 22.7. The van der Waals surface area contributed by atoms with E-state index in [4.69, 9.17) is 10.5 Å². The van der Waals surface area contributed by atoms with Gasteiger partial charge in [0.15, 0.2) is 0 Å². The van der Waals surface area contributed by atoms with E-state index in [1.54, 1.807) is 0 Å². The number of amides is 1. The number of hydrogen-bond donors (Lipinski definition) is 2. The first-order valence-electron chi connectivity index (χ1n) is 6.03. The maximum Gasteiger partial charge on any atom is 0.242 e. The average Bonchev–Trinajstić information content (AvgIpc) is 2.62. The summed E-state index contributed by atoms with van der Waals surface area (Å²) in [4.78, 5) is 15.6. The van der Waals surface area contributed by atoms with Gasteiger partial charge in [-0.15, -0.1) is 5.10 Å². The van der Waals surface area contributed by atoms with Gasteiger partial charge in [0.2, 0.25) is 11.9 Å². The van der Waals surface area contributed by atoms with Crippen LogP contribution in [0.15, 0.2) is 6.33 Å². The standard InChI is InChI=1S/C11H19N5O2/c1-11(2)5-8(3-4-18-11)14-9(17)6-16-7-13-10(12)15-16/h7-8H,3-6H2,1-2H3,(H2,12,15)(H,14,17). The Morgan fingerprint density at radius 2 is 2.50 bits per heavy atom. The lowest BCUT2D eigenvalue weighted by molar-refractivity contribution is -0.124. The summed E-state index contributed by atoms with van der Waals surface area (Å²) in [5.74, 6) is 0.0950. The number of nitrogens with zero attached hydrogens (tertiary/aromatic N) is 3. The highest BCUT2D eigenvalue weighted by atomic mass is 16.5. The Balaban J connectivity index is 1.84. The third-order valence-corrected chi connectivity index (χ3v) is 2.92. The first-order chi connectivity index (χ1) is 8.44. The van der Waals surface area contributed by atoms with Gasteiger partial charge in [-0.3, -0.25) is 4.79 Å². The van der Waals surface area contributed by atoms with Gasteiger partial charge < -0.3 is 15.8 Å². The predicted molar refractivity (Wildman–Crippen MR) is 65.6 cm³/mol. The maximum atomic E-state index is 11.8. The zero-order valence-corrected chi connectivity index (χ0v) is 10.7. The Labute approximate surface area is 106 Å². The monoisotopic (exact) mass is 253 g/mol. The fourth-order valence-electron chi connectivity index (χ4n) is 2.16. The second-order valence-electron chi connectivity index (χ2n) is 5.17. The molecule has 100 valence electrons. The molecule has 3 N–H and O–H groups in total. The Bertz CT molecular complexity index is 429. The Kier molecular flexibility index (Phi) is 3.51. The molecular formula is C11H19N5O2. The molecule has 18 heavy (non-hydrogen) atoms. The van der Waals surface area contributed by atoms with E-state index in [2.05, 4.69) is 15.4 Å². The van der Waals surface area contributed by atoms with Crippen LogP contribution in [0, 0.1) is 0 Å². The molecule has 0 aromatic carbocycles. The van der Waals surface area contributed by atoms with Crippen molar-refractivity contribution in [2.45, 2.75) is 44.9 Å². The molecule has 0 spiro atoms. The van der Waals surface area contributed by atoms with Crippen molar-refractivity contribution >= 4 is 11.9 Å². The van der Waals surface area contributed by atoms with Gasteiger partial charge in [-0.1, -0.05) is 0 Å². The number of nitrogen functional groups attached to an aromatic ring is 1. The summed E-state index contributed by atoms with van der Waals surface area (Å²) in [7, 11) is 0. The van der Waals surface area contributed by atoms with Gasteiger partial charge in [0.25, 0.3) is 0 Å². The number of nitrogens with two attached hydrogens (primary N) is 1. The Morgan fingerprint density at radius 3 is 3.11 bits per heavy atom. The van der Waals surface area contributed by atoms with Crippen LogP contribution in [0.25, 0.3) is 0 Å². The van der Waals surface area contributed by atoms with Crippen molar-refractivity contribution in [1.29, 1.82) is 0 Å². The van der Waals surface area contributed by atoms with Gasteiger partial charge in [-0.05, 0) is 26.7 Å². The van der Waals surface area contributed by atoms with E-state index >= 15 is 0 Å². The highest BCUT2D eigenvalue weighted by molar-refractivity contribution is 5.75. The molecular weight excluding hydrogens is 234 g/mol. The second kappa shape index (κ2) is 4.93. The molecule has 1 aromatic rings. The molecule has 7 heteroatoms. The molecule has 7 nitrogen and oxygen atoms in total. The van der Waals surface area contributed by atoms with Gasteiger partial charge in [-0.25, -0.2) is 9.67 Å². The number of carbonyl (C=O) groups is 1. The van der Waals surface area contributed by atoms with E-state index in [1.807, 2.05) is 13.8 Å². The van der Waals surface area contributed by atoms with E-state index in [0.717, 1.165) is 12.8 Å². The minimum atomic E-state index is -0.173. The smallest absolute Gasteiger partial charge is 0.242 e. The molecule has 1 aliphatic heterocycles. The number of anilines is 1. The molecule has 0 aliphatic carbocycles. The zero-order chi connectivity index (χ0) is 13.2. The average molecular weight is 253 g/mol. The fourth-order valence-corrected chi connectivity index (χ4v) is 2.16. The Hall–Kier alpha value is -1.63. The number of rotatable bonds is 3. The third-order valence-electron chi connectivity index (χ3n) is 2.92. The lowest BCUT2D eigenvalue weighted by Gasteiger charge is -2.35. The molecule has 1 amide bonds. The summed E-state index contributed by atoms with van der Waals surface area (Å²) in [5, 5.41) is 6.85. The van der Waals surface area contributed by atoms with Gasteiger partial charge >= 0.3 is 0 Å². The lowest BCUT2D eigenvalue weighted by Crippen LogP contribution is -2.46. The van der Waals surface area contributed by atoms with Crippen molar-refractivity contribution in [3.8, 4) is 0 Å². The van der Waals surface area contributed by atoms with E-state index in [-0.39, 0.29) is 30.0 Å². The van der Waals surface area contributed by atoms with Crippen LogP contribution in [0.5, 0.6) is 0 Å². The van der Waals surface area contributed by atoms with Gasteiger partial charge in [0.1, 0.15) is 12.9 Å². The quantitative estimate of drug-likeness (QED) is 0.786. The van der Waals surface area contributed by atoms with Crippen LogP contribution in [0.1, 0.15) is 26.7 Å². The summed E-state index contributed by atoms with van der Waals surface area (Å²) < 4.78 is 7.03. The van der Waals surface area contributed by atoms with Crippen LogP contribution in [-0.2, 0) is 16.1 Å². The molecule has 1 fully saturated rings. The number of hydrogen-bond acceptors (Lipinski definition) is 5. The van der Waals surface area contributed by atoms with Crippen molar-refractivity contribution in [2.24, 2.45) is 0 Å². The van der Waals surface area contributed by atoms with Gasteiger partial charge in [0.05, 0.1) is 5.60 Å². The third kappa shape index (κ3) is 3.43. The first kappa shape index (κ1) is 12.8. The second-order valence-corrected chi connectivity index (χ2v) is 5.17. The summed E-state index contributed by atoms with van der Waals surface area (Å²) in [6, 6.07) is 0.155. The van der Waals surface area contributed by atoms with Crippen LogP contribution in [-0.4, -0.2) is 38.9 Å². The van der Waals surface area contributed by atoms with E-state index in [9.17, 15) is 4.79 Å². The van der Waals surface area contributed by atoms with Crippen LogP contribution >= 0.6 is 0 Å². The summed E-state index contributed by atoms with van der Waals surface area (Å²) in [6.45, 7) is 4.88. The van der Waals surface area contributed by atoms with Gasteiger partial charge in [-0.2, -0.15) is 0 Å². The summed E-state index contributed by atoms with van der Waals surface area (Å²) in [5.41, 5.74) is 5.21. The fraction of sp³-hybridized carbons (Fsp3) is 0.727. The zero-order valence-electron chi connectivity index (χ0n) is 10.7. The molecule has 0 saturated carbocycles. The molecule has 1 unspecified atom stereocenters. The van der Waals surface area contributed by atoms with Crippen molar-refractivity contribution in [3.05, 3.63) is 6.33 Å². The van der Waals surface area contributed by atoms with Crippen molar-refractivity contribution in [3.63, 3.8) is 0 Å². The van der Waals surface area contributed by atoms with Crippen LogP contribution in [0.4, 0.5) is 5.95 Å². The summed E-state index contributed by atoms with van der Waals surface area (Å²) in [6.07, 6.45) is 3.11. The van der Waals surface area contributed by atoms with Crippen molar-refractivity contribution in [2.75, 3.05) is 12.3 Å². The molecule has 1 aliphatic rings.